The molecule has 0 saturated carbocycles. The maximum Gasteiger partial charge on any atom is 0.153 e. The van der Waals surface area contributed by atoms with Crippen molar-refractivity contribution in [1.29, 1.82) is 0 Å². The van der Waals surface area contributed by atoms with Gasteiger partial charge in [0.2, 0.25) is 0 Å². The predicted molar refractivity (Wildman–Crippen MR) is 55.2 cm³/mol. The van der Waals surface area contributed by atoms with Gasteiger partial charge < -0.3 is 4.55 Å². The molecule has 1 aromatic rings. The molecule has 2 nitrogen and oxygen atoms in total. The summed E-state index contributed by atoms with van der Waals surface area (Å²) >= 11 is -1.67. The molecule has 1 rings (SSSR count). The summed E-state index contributed by atoms with van der Waals surface area (Å²) in [5.74, 6) is 0.327. The van der Waals surface area contributed by atoms with Gasteiger partial charge in [-0.05, 0) is 24.0 Å². The average Bonchev–Trinajstić information content (AvgIpc) is 2.15. The minimum Gasteiger partial charge on any atom is -0.306 e. The van der Waals surface area contributed by atoms with Gasteiger partial charge in [0.25, 0.3) is 0 Å². The monoisotopic (exact) mass is 198 g/mol. The van der Waals surface area contributed by atoms with Crippen LogP contribution in [-0.4, -0.2) is 14.5 Å². The van der Waals surface area contributed by atoms with Crippen molar-refractivity contribution >= 4 is 11.1 Å². The van der Waals surface area contributed by atoms with E-state index in [2.05, 4.69) is 19.1 Å². The van der Waals surface area contributed by atoms with E-state index in [1.807, 2.05) is 12.1 Å². The second-order valence-corrected chi connectivity index (χ2v) is 4.00. The van der Waals surface area contributed by atoms with E-state index in [4.69, 9.17) is 4.55 Å². The van der Waals surface area contributed by atoms with E-state index in [9.17, 15) is 4.21 Å². The highest BCUT2D eigenvalue weighted by atomic mass is 32.2. The lowest BCUT2D eigenvalue weighted by molar-refractivity contribution is 0.563. The van der Waals surface area contributed by atoms with Crippen molar-refractivity contribution in [1.82, 2.24) is 0 Å². The highest BCUT2D eigenvalue weighted by Crippen LogP contribution is 2.06. The van der Waals surface area contributed by atoms with Crippen LogP contribution in [-0.2, 0) is 23.9 Å². The Balaban J connectivity index is 2.61. The molecule has 0 bridgehead atoms. The van der Waals surface area contributed by atoms with E-state index >= 15 is 0 Å². The van der Waals surface area contributed by atoms with Gasteiger partial charge in [0.05, 0.1) is 5.75 Å². The van der Waals surface area contributed by atoms with Gasteiger partial charge in [-0.25, -0.2) is 4.21 Å². The summed E-state index contributed by atoms with van der Waals surface area (Å²) in [4.78, 5) is 0. The minimum absolute atomic E-state index is 0.327. The molecule has 0 fully saturated rings. The molecule has 3 heteroatoms. The minimum atomic E-state index is -1.67. The Labute approximate surface area is 81.3 Å². The first-order valence-electron chi connectivity index (χ1n) is 4.37. The summed E-state index contributed by atoms with van der Waals surface area (Å²) < 4.78 is 19.1. The largest absolute Gasteiger partial charge is 0.306 e. The summed E-state index contributed by atoms with van der Waals surface area (Å²) in [5, 5.41) is 0. The van der Waals surface area contributed by atoms with E-state index in [1.54, 1.807) is 0 Å². The van der Waals surface area contributed by atoms with E-state index < -0.39 is 11.1 Å². The highest BCUT2D eigenvalue weighted by molar-refractivity contribution is 7.79. The lowest BCUT2D eigenvalue weighted by Crippen LogP contribution is -1.99. The molecule has 0 aliphatic heterocycles. The van der Waals surface area contributed by atoms with Crippen molar-refractivity contribution in [2.24, 2.45) is 0 Å². The number of hydrogen-bond donors (Lipinski definition) is 1. The van der Waals surface area contributed by atoms with Crippen LogP contribution in [0.4, 0.5) is 0 Å². The van der Waals surface area contributed by atoms with Gasteiger partial charge in [-0.2, -0.15) is 0 Å². The average molecular weight is 198 g/mol. The van der Waals surface area contributed by atoms with Crippen molar-refractivity contribution in [3.63, 3.8) is 0 Å². The Morgan fingerprint density at radius 1 is 1.38 bits per heavy atom. The SMILES string of the molecule is CCc1cccc(CCS(=O)O)c1. The molecule has 13 heavy (non-hydrogen) atoms. The van der Waals surface area contributed by atoms with E-state index in [0.29, 0.717) is 12.2 Å². The van der Waals surface area contributed by atoms with Crippen LogP contribution in [0, 0.1) is 0 Å². The molecular formula is C10H14O2S. The summed E-state index contributed by atoms with van der Waals surface area (Å²) in [6.07, 6.45) is 1.69. The summed E-state index contributed by atoms with van der Waals surface area (Å²) in [6, 6.07) is 8.15. The second kappa shape index (κ2) is 5.14. The molecular weight excluding hydrogens is 184 g/mol. The molecule has 72 valence electrons. The zero-order valence-electron chi connectivity index (χ0n) is 7.69. The molecule has 1 atom stereocenters. The lowest BCUT2D eigenvalue weighted by atomic mass is 10.1. The van der Waals surface area contributed by atoms with Gasteiger partial charge in [0.1, 0.15) is 0 Å². The number of hydrogen-bond acceptors (Lipinski definition) is 1. The van der Waals surface area contributed by atoms with Crippen molar-refractivity contribution < 1.29 is 8.76 Å². The number of rotatable bonds is 4. The quantitative estimate of drug-likeness (QED) is 0.751. The van der Waals surface area contributed by atoms with Crippen LogP contribution >= 0.6 is 0 Å². The fraction of sp³-hybridized carbons (Fsp3) is 0.400. The van der Waals surface area contributed by atoms with Crippen LogP contribution < -0.4 is 0 Å². The third-order valence-corrected chi connectivity index (χ3v) is 2.52. The third-order valence-electron chi connectivity index (χ3n) is 1.96. The van der Waals surface area contributed by atoms with Gasteiger partial charge in [-0.3, -0.25) is 0 Å². The molecule has 0 radical (unpaired) electrons. The maximum atomic E-state index is 10.4. The first-order valence-corrected chi connectivity index (χ1v) is 5.65. The zero-order valence-corrected chi connectivity index (χ0v) is 8.51. The second-order valence-electron chi connectivity index (χ2n) is 2.95. The van der Waals surface area contributed by atoms with Gasteiger partial charge >= 0.3 is 0 Å². The maximum absolute atomic E-state index is 10.4. The third kappa shape index (κ3) is 3.70. The van der Waals surface area contributed by atoms with E-state index in [1.165, 1.54) is 5.56 Å². The van der Waals surface area contributed by atoms with Crippen LogP contribution in [0.5, 0.6) is 0 Å². The molecule has 1 N–H and O–H groups in total. The molecule has 0 aromatic heterocycles. The molecule has 0 aliphatic rings. The van der Waals surface area contributed by atoms with Gasteiger partial charge in [-0.15, -0.1) is 0 Å². The summed E-state index contributed by atoms with van der Waals surface area (Å²) in [6.45, 7) is 2.10. The summed E-state index contributed by atoms with van der Waals surface area (Å²) in [5.41, 5.74) is 2.42. The zero-order chi connectivity index (χ0) is 9.68. The fourth-order valence-electron chi connectivity index (χ4n) is 1.21. The van der Waals surface area contributed by atoms with Gasteiger partial charge in [0.15, 0.2) is 11.1 Å². The van der Waals surface area contributed by atoms with E-state index in [0.717, 1.165) is 12.0 Å². The molecule has 0 saturated heterocycles. The van der Waals surface area contributed by atoms with Crippen LogP contribution in [0.15, 0.2) is 24.3 Å². The first kappa shape index (κ1) is 10.4. The molecule has 1 aromatic carbocycles. The Morgan fingerprint density at radius 2 is 2.08 bits per heavy atom. The fourth-order valence-corrected chi connectivity index (χ4v) is 1.62. The molecule has 0 spiro atoms. The van der Waals surface area contributed by atoms with E-state index in [-0.39, 0.29) is 0 Å². The molecule has 0 heterocycles. The molecule has 1 unspecified atom stereocenters. The Bertz CT molecular complexity index is 297. The number of benzene rings is 1. The van der Waals surface area contributed by atoms with Gasteiger partial charge in [0, 0.05) is 0 Å². The van der Waals surface area contributed by atoms with Crippen molar-refractivity contribution in [3.05, 3.63) is 35.4 Å². The van der Waals surface area contributed by atoms with Crippen LogP contribution in [0.3, 0.4) is 0 Å². The lowest BCUT2D eigenvalue weighted by Gasteiger charge is -2.01. The standard InChI is InChI=1S/C10H14O2S/c1-2-9-4-3-5-10(8-9)6-7-13(11)12/h3-5,8H,2,6-7H2,1H3,(H,11,12). The predicted octanol–water partition coefficient (Wildman–Crippen LogP) is 2.01. The molecule has 0 aliphatic carbocycles. The van der Waals surface area contributed by atoms with Crippen molar-refractivity contribution in [3.8, 4) is 0 Å². The smallest absolute Gasteiger partial charge is 0.153 e. The Hall–Kier alpha value is -0.670. The van der Waals surface area contributed by atoms with Crippen LogP contribution in [0.1, 0.15) is 18.1 Å². The van der Waals surface area contributed by atoms with Crippen molar-refractivity contribution in [2.45, 2.75) is 19.8 Å². The summed E-state index contributed by atoms with van der Waals surface area (Å²) in [7, 11) is 0. The van der Waals surface area contributed by atoms with Crippen molar-refractivity contribution in [2.75, 3.05) is 5.75 Å². The Morgan fingerprint density at radius 3 is 2.69 bits per heavy atom. The van der Waals surface area contributed by atoms with Gasteiger partial charge in [-0.1, -0.05) is 31.2 Å². The van der Waals surface area contributed by atoms with Crippen LogP contribution in [0.25, 0.3) is 0 Å². The topological polar surface area (TPSA) is 37.3 Å². The van der Waals surface area contributed by atoms with Crippen LogP contribution in [0.2, 0.25) is 0 Å². The number of aryl methyl sites for hydroxylation is 2. The Kier molecular flexibility index (Phi) is 4.12. The molecule has 0 amide bonds. The first-order chi connectivity index (χ1) is 6.22. The highest BCUT2D eigenvalue weighted by Gasteiger charge is 1.97. The normalized spacial score (nSPS) is 12.8.